The minimum absolute atomic E-state index is 0.0950. The van der Waals surface area contributed by atoms with Crippen molar-refractivity contribution in [2.75, 3.05) is 25.2 Å². The summed E-state index contributed by atoms with van der Waals surface area (Å²) in [6, 6.07) is 16.1. The Labute approximate surface area is 164 Å². The van der Waals surface area contributed by atoms with Crippen LogP contribution in [0.2, 0.25) is 0 Å². The van der Waals surface area contributed by atoms with Crippen LogP contribution in [0.25, 0.3) is 0 Å². The van der Waals surface area contributed by atoms with Gasteiger partial charge in [-0.05, 0) is 36.2 Å². The normalized spacial score (nSPS) is 14.7. The minimum atomic E-state index is -3.75. The molecule has 9 heteroatoms. The van der Waals surface area contributed by atoms with Crippen LogP contribution in [0.4, 0.5) is 5.69 Å². The van der Waals surface area contributed by atoms with Crippen LogP contribution in [0, 0.1) is 0 Å². The number of hydrogen-bond acceptors (Lipinski definition) is 6. The standard InChI is InChI=1S/C19H23N5O3S/c1-15(25)22-17-7-9-18(10-8-17)28(26,27)23-19-20-13-24(14-21-19)12-11-16-5-3-2-4-6-16/h2-10H,11-14H2,1H3,(H,22,25)(H2,20,21,23). The molecule has 8 nitrogen and oxygen atoms in total. The van der Waals surface area contributed by atoms with Crippen LogP contribution in [0.15, 0.2) is 64.5 Å². The number of benzene rings is 2. The second kappa shape index (κ2) is 8.85. The zero-order chi connectivity index (χ0) is 20.0. The van der Waals surface area contributed by atoms with Crippen molar-refractivity contribution in [3.8, 4) is 0 Å². The number of guanidine groups is 1. The highest BCUT2D eigenvalue weighted by Crippen LogP contribution is 2.14. The second-order valence-corrected chi connectivity index (χ2v) is 8.11. The molecule has 0 bridgehead atoms. The number of aliphatic imine (C=N–C) groups is 1. The summed E-state index contributed by atoms with van der Waals surface area (Å²) in [4.78, 5) is 17.5. The summed E-state index contributed by atoms with van der Waals surface area (Å²) in [6.45, 7) is 3.14. The van der Waals surface area contributed by atoms with Crippen molar-refractivity contribution >= 4 is 27.6 Å². The molecule has 0 fully saturated rings. The molecule has 1 aliphatic rings. The minimum Gasteiger partial charge on any atom is -0.343 e. The van der Waals surface area contributed by atoms with E-state index in [0.717, 1.165) is 13.0 Å². The number of carbonyl (C=O) groups is 1. The Bertz CT molecular complexity index is 943. The summed E-state index contributed by atoms with van der Waals surface area (Å²) in [5.41, 5.74) is 1.79. The van der Waals surface area contributed by atoms with Crippen LogP contribution < -0.4 is 15.4 Å². The van der Waals surface area contributed by atoms with E-state index in [4.69, 9.17) is 0 Å². The fourth-order valence-electron chi connectivity index (χ4n) is 2.72. The van der Waals surface area contributed by atoms with Crippen molar-refractivity contribution in [2.24, 2.45) is 4.99 Å². The lowest BCUT2D eigenvalue weighted by molar-refractivity contribution is -0.114. The van der Waals surface area contributed by atoms with Crippen molar-refractivity contribution in [3.63, 3.8) is 0 Å². The Morgan fingerprint density at radius 2 is 1.86 bits per heavy atom. The SMILES string of the molecule is CC(=O)Nc1ccc(S(=O)(=O)NC2=NCN(CCc3ccccc3)CN2)cc1. The van der Waals surface area contributed by atoms with Gasteiger partial charge in [0.05, 0.1) is 18.2 Å². The van der Waals surface area contributed by atoms with Crippen molar-refractivity contribution in [2.45, 2.75) is 18.2 Å². The number of anilines is 1. The van der Waals surface area contributed by atoms with Gasteiger partial charge in [-0.3, -0.25) is 9.69 Å². The number of sulfonamides is 1. The predicted octanol–water partition coefficient (Wildman–Crippen LogP) is 1.34. The van der Waals surface area contributed by atoms with Crippen LogP contribution in [-0.2, 0) is 21.2 Å². The summed E-state index contributed by atoms with van der Waals surface area (Å²) < 4.78 is 27.4. The molecule has 2 aromatic rings. The van der Waals surface area contributed by atoms with E-state index < -0.39 is 10.0 Å². The highest BCUT2D eigenvalue weighted by molar-refractivity contribution is 7.90. The fourth-order valence-corrected chi connectivity index (χ4v) is 3.72. The molecular weight excluding hydrogens is 378 g/mol. The lowest BCUT2D eigenvalue weighted by Crippen LogP contribution is -2.50. The third kappa shape index (κ3) is 5.54. The maximum Gasteiger partial charge on any atom is 0.264 e. The van der Waals surface area contributed by atoms with Gasteiger partial charge in [-0.25, -0.2) is 18.1 Å². The molecule has 148 valence electrons. The Hall–Kier alpha value is -2.91. The van der Waals surface area contributed by atoms with Gasteiger partial charge in [0, 0.05) is 19.2 Å². The summed E-state index contributed by atoms with van der Waals surface area (Å²) in [5, 5.41) is 5.60. The van der Waals surface area contributed by atoms with Crippen molar-refractivity contribution in [3.05, 3.63) is 60.2 Å². The molecule has 0 saturated heterocycles. The van der Waals surface area contributed by atoms with E-state index in [-0.39, 0.29) is 16.8 Å². The fraction of sp³-hybridized carbons (Fsp3) is 0.263. The monoisotopic (exact) mass is 401 g/mol. The molecule has 0 unspecified atom stereocenters. The molecule has 0 radical (unpaired) electrons. The maximum absolute atomic E-state index is 12.5. The average molecular weight is 401 g/mol. The topological polar surface area (TPSA) is 103 Å². The maximum atomic E-state index is 12.5. The smallest absolute Gasteiger partial charge is 0.264 e. The summed E-state index contributed by atoms with van der Waals surface area (Å²) in [7, 11) is -3.75. The Kier molecular flexibility index (Phi) is 6.27. The molecule has 0 aliphatic carbocycles. The van der Waals surface area contributed by atoms with Crippen LogP contribution in [0.1, 0.15) is 12.5 Å². The van der Waals surface area contributed by atoms with Gasteiger partial charge in [-0.1, -0.05) is 30.3 Å². The van der Waals surface area contributed by atoms with Gasteiger partial charge in [0.2, 0.25) is 11.9 Å². The number of rotatable bonds is 6. The zero-order valence-corrected chi connectivity index (χ0v) is 16.4. The first-order chi connectivity index (χ1) is 13.4. The largest absolute Gasteiger partial charge is 0.343 e. The number of nitrogens with one attached hydrogen (secondary N) is 3. The lowest BCUT2D eigenvalue weighted by atomic mass is 10.1. The average Bonchev–Trinajstić information content (AvgIpc) is 2.68. The van der Waals surface area contributed by atoms with Gasteiger partial charge in [0.1, 0.15) is 0 Å². The quantitative estimate of drug-likeness (QED) is 0.678. The van der Waals surface area contributed by atoms with E-state index in [0.29, 0.717) is 19.0 Å². The molecule has 3 N–H and O–H groups in total. The molecule has 28 heavy (non-hydrogen) atoms. The van der Waals surface area contributed by atoms with Crippen LogP contribution in [0.5, 0.6) is 0 Å². The molecular formula is C19H23N5O3S. The van der Waals surface area contributed by atoms with Gasteiger partial charge in [-0.15, -0.1) is 0 Å². The van der Waals surface area contributed by atoms with Crippen molar-refractivity contribution in [1.82, 2.24) is 14.9 Å². The van der Waals surface area contributed by atoms with Crippen LogP contribution in [-0.4, -0.2) is 45.1 Å². The highest BCUT2D eigenvalue weighted by atomic mass is 32.2. The Morgan fingerprint density at radius 1 is 1.14 bits per heavy atom. The van der Waals surface area contributed by atoms with Crippen LogP contribution >= 0.6 is 0 Å². The summed E-state index contributed by atoms with van der Waals surface area (Å²) in [6.07, 6.45) is 0.903. The molecule has 1 amide bonds. The van der Waals surface area contributed by atoms with Gasteiger partial charge >= 0.3 is 0 Å². The van der Waals surface area contributed by atoms with E-state index in [2.05, 4.69) is 37.4 Å². The first-order valence-corrected chi connectivity index (χ1v) is 10.4. The molecule has 0 aromatic heterocycles. The molecule has 1 heterocycles. The Balaban J connectivity index is 1.54. The second-order valence-electron chi connectivity index (χ2n) is 6.42. The van der Waals surface area contributed by atoms with Gasteiger partial charge in [0.25, 0.3) is 10.0 Å². The molecule has 1 aliphatic heterocycles. The first kappa shape index (κ1) is 19.8. The molecule has 0 atom stereocenters. The lowest BCUT2D eigenvalue weighted by Gasteiger charge is -2.27. The third-order valence-corrected chi connectivity index (χ3v) is 5.53. The van der Waals surface area contributed by atoms with E-state index in [1.54, 1.807) is 0 Å². The van der Waals surface area contributed by atoms with Gasteiger partial charge in [0.15, 0.2) is 0 Å². The van der Waals surface area contributed by atoms with Gasteiger partial charge in [-0.2, -0.15) is 0 Å². The number of carbonyl (C=O) groups excluding carboxylic acids is 1. The first-order valence-electron chi connectivity index (χ1n) is 8.87. The predicted molar refractivity (Wildman–Crippen MR) is 108 cm³/mol. The van der Waals surface area contributed by atoms with E-state index in [1.807, 2.05) is 18.2 Å². The zero-order valence-electron chi connectivity index (χ0n) is 15.6. The summed E-state index contributed by atoms with van der Waals surface area (Å²) in [5.74, 6) is 0.00760. The summed E-state index contributed by atoms with van der Waals surface area (Å²) >= 11 is 0. The van der Waals surface area contributed by atoms with Gasteiger partial charge < -0.3 is 10.6 Å². The number of hydrogen-bond donors (Lipinski definition) is 3. The highest BCUT2D eigenvalue weighted by Gasteiger charge is 2.19. The van der Waals surface area contributed by atoms with E-state index >= 15 is 0 Å². The third-order valence-electron chi connectivity index (χ3n) is 4.17. The van der Waals surface area contributed by atoms with Crippen LogP contribution in [0.3, 0.4) is 0 Å². The van der Waals surface area contributed by atoms with Crippen molar-refractivity contribution < 1.29 is 13.2 Å². The molecule has 0 saturated carbocycles. The molecule has 2 aromatic carbocycles. The molecule has 0 spiro atoms. The molecule has 3 rings (SSSR count). The number of nitrogens with zero attached hydrogens (tertiary/aromatic N) is 2. The van der Waals surface area contributed by atoms with E-state index in [1.165, 1.54) is 36.8 Å². The Morgan fingerprint density at radius 3 is 2.46 bits per heavy atom. The van der Waals surface area contributed by atoms with Crippen molar-refractivity contribution in [1.29, 1.82) is 0 Å². The van der Waals surface area contributed by atoms with E-state index in [9.17, 15) is 13.2 Å². The number of amides is 1.